The number of piperidine rings is 1. The van der Waals surface area contributed by atoms with Gasteiger partial charge in [0.15, 0.2) is 0 Å². The predicted molar refractivity (Wildman–Crippen MR) is 58.2 cm³/mol. The Bertz CT molecular complexity index is 327. The molecule has 3 heterocycles. The molecule has 2 heteroatoms. The monoisotopic (exact) mass is 190 g/mol. The molecule has 2 unspecified atom stereocenters. The summed E-state index contributed by atoms with van der Waals surface area (Å²) in [4.78, 5) is 0. The molecule has 0 amide bonds. The number of rotatable bonds is 0. The van der Waals surface area contributed by atoms with Crippen LogP contribution in [0.25, 0.3) is 0 Å². The molecule has 0 aromatic rings. The fraction of sp³-hybridized carbons (Fsp3) is 0.750. The zero-order valence-electron chi connectivity index (χ0n) is 9.20. The molecule has 4 rings (SSSR count). The summed E-state index contributed by atoms with van der Waals surface area (Å²) in [6.07, 6.45) is 7.42. The molecule has 0 saturated carbocycles. The average Bonchev–Trinajstić information content (AvgIpc) is 2.42. The van der Waals surface area contributed by atoms with Crippen LogP contribution in [0.4, 0.5) is 0 Å². The van der Waals surface area contributed by atoms with Crippen LogP contribution in [0.1, 0.15) is 33.6 Å². The Balaban J connectivity index is 2.06. The van der Waals surface area contributed by atoms with Gasteiger partial charge in [0.05, 0.1) is 12.1 Å². The smallest absolute Gasteiger partial charge is 0.0655 e. The fourth-order valence-electron chi connectivity index (χ4n) is 3.23. The summed E-state index contributed by atoms with van der Waals surface area (Å²) >= 11 is 0. The highest BCUT2D eigenvalue weighted by Crippen LogP contribution is 2.47. The first kappa shape index (κ1) is 8.51. The molecule has 0 spiro atoms. The van der Waals surface area contributed by atoms with E-state index in [2.05, 4.69) is 37.9 Å². The minimum Gasteiger partial charge on any atom is -0.286 e. The number of hydrogen-bond acceptors (Lipinski definition) is 2. The number of hydrogen-bond donors (Lipinski definition) is 0. The van der Waals surface area contributed by atoms with Gasteiger partial charge in [0.1, 0.15) is 0 Å². The van der Waals surface area contributed by atoms with Crippen LogP contribution in [0.2, 0.25) is 0 Å². The third kappa shape index (κ3) is 0.844. The van der Waals surface area contributed by atoms with Crippen LogP contribution < -0.4 is 0 Å². The highest BCUT2D eigenvalue weighted by Gasteiger charge is 2.51. The van der Waals surface area contributed by atoms with Crippen LogP contribution in [0.5, 0.6) is 0 Å². The van der Waals surface area contributed by atoms with Gasteiger partial charge >= 0.3 is 0 Å². The molecule has 0 radical (unpaired) electrons. The van der Waals surface area contributed by atoms with Gasteiger partial charge in [-0.2, -0.15) is 5.10 Å². The van der Waals surface area contributed by atoms with E-state index in [1.54, 1.807) is 0 Å². The van der Waals surface area contributed by atoms with Crippen molar-refractivity contribution >= 4 is 5.71 Å². The first-order chi connectivity index (χ1) is 6.60. The van der Waals surface area contributed by atoms with E-state index < -0.39 is 0 Å². The molecule has 0 N–H and O–H groups in total. The molecule has 3 aliphatic heterocycles. The molecular weight excluding hydrogens is 172 g/mol. The minimum atomic E-state index is 0.272. The summed E-state index contributed by atoms with van der Waals surface area (Å²) < 4.78 is 0. The fourth-order valence-corrected chi connectivity index (χ4v) is 3.23. The first-order valence-corrected chi connectivity index (χ1v) is 5.63. The second kappa shape index (κ2) is 2.41. The second-order valence-corrected chi connectivity index (χ2v) is 5.43. The van der Waals surface area contributed by atoms with Crippen LogP contribution in [-0.2, 0) is 0 Å². The maximum absolute atomic E-state index is 4.74. The van der Waals surface area contributed by atoms with Crippen LogP contribution in [0.3, 0.4) is 0 Å². The Morgan fingerprint density at radius 1 is 1.36 bits per heavy atom. The van der Waals surface area contributed by atoms with E-state index in [0.717, 1.165) is 5.92 Å². The highest BCUT2D eigenvalue weighted by molar-refractivity contribution is 5.89. The summed E-state index contributed by atoms with van der Waals surface area (Å²) in [6.45, 7) is 6.86. The SMILES string of the molecule is CC1=NN2C3C=CC(CC3)[C@H]2C1(C)C. The van der Waals surface area contributed by atoms with Crippen molar-refractivity contribution in [3.63, 3.8) is 0 Å². The number of hydrazone groups is 1. The maximum atomic E-state index is 4.74. The van der Waals surface area contributed by atoms with Gasteiger partial charge in [-0.15, -0.1) is 0 Å². The van der Waals surface area contributed by atoms with Gasteiger partial charge in [-0.3, -0.25) is 5.01 Å². The molecule has 1 saturated heterocycles. The van der Waals surface area contributed by atoms with Gasteiger partial charge in [0.25, 0.3) is 0 Å². The van der Waals surface area contributed by atoms with Crippen molar-refractivity contribution in [2.75, 3.05) is 0 Å². The van der Waals surface area contributed by atoms with Crippen molar-refractivity contribution in [3.8, 4) is 0 Å². The molecule has 1 aliphatic carbocycles. The molecule has 3 atom stereocenters. The van der Waals surface area contributed by atoms with Gasteiger partial charge in [-0.05, 0) is 25.7 Å². The Kier molecular flexibility index (Phi) is 1.47. The quantitative estimate of drug-likeness (QED) is 0.536. The molecule has 14 heavy (non-hydrogen) atoms. The molecule has 0 aromatic carbocycles. The lowest BCUT2D eigenvalue weighted by Gasteiger charge is -2.47. The Labute approximate surface area is 85.7 Å². The Morgan fingerprint density at radius 2 is 2.14 bits per heavy atom. The van der Waals surface area contributed by atoms with Crippen molar-refractivity contribution in [1.82, 2.24) is 5.01 Å². The molecule has 4 aliphatic rings. The van der Waals surface area contributed by atoms with Crippen molar-refractivity contribution < 1.29 is 0 Å². The minimum absolute atomic E-state index is 0.272. The lowest BCUT2D eigenvalue weighted by molar-refractivity contribution is 0.0424. The van der Waals surface area contributed by atoms with E-state index in [1.165, 1.54) is 18.6 Å². The summed E-state index contributed by atoms with van der Waals surface area (Å²) in [5.74, 6) is 0.733. The van der Waals surface area contributed by atoms with Gasteiger partial charge in [0.2, 0.25) is 0 Å². The molecule has 2 bridgehead atoms. The molecule has 2 nitrogen and oxygen atoms in total. The van der Waals surface area contributed by atoms with Crippen LogP contribution in [0, 0.1) is 11.3 Å². The van der Waals surface area contributed by atoms with E-state index >= 15 is 0 Å². The van der Waals surface area contributed by atoms with Gasteiger partial charge < -0.3 is 0 Å². The molecule has 0 aromatic heterocycles. The highest BCUT2D eigenvalue weighted by atomic mass is 15.5. The summed E-state index contributed by atoms with van der Waals surface area (Å²) in [6, 6.07) is 1.22. The van der Waals surface area contributed by atoms with Crippen molar-refractivity contribution in [3.05, 3.63) is 12.2 Å². The lowest BCUT2D eigenvalue weighted by Crippen LogP contribution is -2.53. The van der Waals surface area contributed by atoms with Crippen LogP contribution >= 0.6 is 0 Å². The van der Waals surface area contributed by atoms with Crippen molar-refractivity contribution in [2.24, 2.45) is 16.4 Å². The largest absolute Gasteiger partial charge is 0.286 e. The van der Waals surface area contributed by atoms with Crippen molar-refractivity contribution in [2.45, 2.75) is 45.7 Å². The standard InChI is InChI=1S/C12H18N2/c1-8-12(2,3)11-9-4-6-10(7-5-9)14(11)13-8/h4,6,9-11H,5,7H2,1-3H3/t9?,10?,11-/m0/s1. The Hall–Kier alpha value is -0.790. The lowest BCUT2D eigenvalue weighted by atomic mass is 9.69. The first-order valence-electron chi connectivity index (χ1n) is 5.63. The third-order valence-electron chi connectivity index (χ3n) is 4.34. The molecular formula is C12H18N2. The van der Waals surface area contributed by atoms with E-state index in [0.29, 0.717) is 12.1 Å². The Morgan fingerprint density at radius 3 is 2.71 bits per heavy atom. The number of fused-ring (bicyclic) bond motifs is 1. The topological polar surface area (TPSA) is 15.6 Å². The average molecular weight is 190 g/mol. The number of nitrogens with zero attached hydrogens (tertiary/aromatic N) is 2. The van der Waals surface area contributed by atoms with Gasteiger partial charge in [0, 0.05) is 11.1 Å². The summed E-state index contributed by atoms with van der Waals surface area (Å²) in [7, 11) is 0. The summed E-state index contributed by atoms with van der Waals surface area (Å²) in [5.41, 5.74) is 1.58. The van der Waals surface area contributed by atoms with E-state index in [9.17, 15) is 0 Å². The van der Waals surface area contributed by atoms with Crippen LogP contribution in [0.15, 0.2) is 17.3 Å². The van der Waals surface area contributed by atoms with Gasteiger partial charge in [-0.25, -0.2) is 0 Å². The van der Waals surface area contributed by atoms with Crippen LogP contribution in [-0.4, -0.2) is 22.8 Å². The maximum Gasteiger partial charge on any atom is 0.0655 e. The van der Waals surface area contributed by atoms with Crippen molar-refractivity contribution in [1.29, 1.82) is 0 Å². The molecule has 76 valence electrons. The zero-order chi connectivity index (χ0) is 9.92. The second-order valence-electron chi connectivity index (χ2n) is 5.43. The van der Waals surface area contributed by atoms with Gasteiger partial charge in [-0.1, -0.05) is 26.0 Å². The predicted octanol–water partition coefficient (Wildman–Crippen LogP) is 2.42. The zero-order valence-corrected chi connectivity index (χ0v) is 9.20. The molecule has 1 fully saturated rings. The van der Waals surface area contributed by atoms with E-state index in [4.69, 9.17) is 5.10 Å². The summed E-state index contributed by atoms with van der Waals surface area (Å²) in [5, 5.41) is 7.11. The van der Waals surface area contributed by atoms with E-state index in [-0.39, 0.29) is 5.41 Å². The third-order valence-corrected chi connectivity index (χ3v) is 4.34. The normalized spacial score (nSPS) is 42.6. The van der Waals surface area contributed by atoms with E-state index in [1.807, 2.05) is 0 Å².